The molecule has 2 N–H and O–H groups in total. The van der Waals surface area contributed by atoms with Gasteiger partial charge in [0.15, 0.2) is 0 Å². The molecule has 0 saturated carbocycles. The van der Waals surface area contributed by atoms with Crippen molar-refractivity contribution in [3.05, 3.63) is 35.6 Å². The van der Waals surface area contributed by atoms with Crippen LogP contribution in [0, 0.1) is 11.7 Å². The van der Waals surface area contributed by atoms with Crippen LogP contribution in [0.5, 0.6) is 0 Å². The minimum Gasteiger partial charge on any atom is -0.369 e. The number of hydrogen-bond donors (Lipinski definition) is 1. The molecule has 1 heterocycles. The molecule has 108 valence electrons. The van der Waals surface area contributed by atoms with E-state index in [-0.39, 0.29) is 23.5 Å². The van der Waals surface area contributed by atoms with E-state index >= 15 is 0 Å². The van der Waals surface area contributed by atoms with Gasteiger partial charge in [-0.2, -0.15) is 0 Å². The number of carbonyl (C=O) groups is 2. The van der Waals surface area contributed by atoms with Gasteiger partial charge in [-0.1, -0.05) is 18.2 Å². The molecule has 1 aromatic rings. The van der Waals surface area contributed by atoms with Crippen molar-refractivity contribution in [2.24, 2.45) is 11.7 Å². The van der Waals surface area contributed by atoms with Gasteiger partial charge in [0.25, 0.3) is 0 Å². The summed E-state index contributed by atoms with van der Waals surface area (Å²) in [5.74, 6) is -0.669. The maximum atomic E-state index is 13.4. The molecule has 0 atom stereocenters. The number of aryl methyl sites for hydroxylation is 1. The number of hydrogen-bond acceptors (Lipinski definition) is 2. The highest BCUT2D eigenvalue weighted by Gasteiger charge is 2.25. The lowest BCUT2D eigenvalue weighted by Crippen LogP contribution is -2.41. The number of amides is 2. The van der Waals surface area contributed by atoms with E-state index < -0.39 is 0 Å². The van der Waals surface area contributed by atoms with Crippen molar-refractivity contribution in [2.75, 3.05) is 13.1 Å². The van der Waals surface area contributed by atoms with E-state index in [1.165, 1.54) is 6.07 Å². The number of halogens is 1. The number of piperidine rings is 1. The van der Waals surface area contributed by atoms with E-state index in [1.807, 2.05) is 0 Å². The number of nitrogens with zero attached hydrogens (tertiary/aromatic N) is 1. The summed E-state index contributed by atoms with van der Waals surface area (Å²) < 4.78 is 13.4. The van der Waals surface area contributed by atoms with Crippen LogP contribution in [0.1, 0.15) is 24.8 Å². The molecule has 0 bridgehead atoms. The topological polar surface area (TPSA) is 63.4 Å². The zero-order chi connectivity index (χ0) is 14.5. The third kappa shape index (κ3) is 3.56. The average Bonchev–Trinajstić information content (AvgIpc) is 2.46. The molecule has 5 heteroatoms. The summed E-state index contributed by atoms with van der Waals surface area (Å²) in [6, 6.07) is 6.50. The second-order valence-corrected chi connectivity index (χ2v) is 5.15. The van der Waals surface area contributed by atoms with Gasteiger partial charge in [0.1, 0.15) is 5.82 Å². The fourth-order valence-electron chi connectivity index (χ4n) is 2.51. The fourth-order valence-corrected chi connectivity index (χ4v) is 2.51. The zero-order valence-electron chi connectivity index (χ0n) is 11.3. The Kier molecular flexibility index (Phi) is 4.71. The Morgan fingerprint density at radius 1 is 1.25 bits per heavy atom. The maximum absolute atomic E-state index is 13.4. The molecule has 1 aliphatic heterocycles. The quantitative estimate of drug-likeness (QED) is 0.906. The van der Waals surface area contributed by atoms with Gasteiger partial charge in [-0.25, -0.2) is 4.39 Å². The molecular formula is C15H19FN2O2. The lowest BCUT2D eigenvalue weighted by molar-refractivity contribution is -0.134. The van der Waals surface area contributed by atoms with E-state index in [1.54, 1.807) is 23.1 Å². The SMILES string of the molecule is NC(=O)C1CCN(C(=O)CCc2ccccc2F)CC1. The molecule has 2 amide bonds. The molecule has 0 unspecified atom stereocenters. The van der Waals surface area contributed by atoms with E-state index in [9.17, 15) is 14.0 Å². The van der Waals surface area contributed by atoms with Crippen molar-refractivity contribution in [2.45, 2.75) is 25.7 Å². The Labute approximate surface area is 117 Å². The Hall–Kier alpha value is -1.91. The van der Waals surface area contributed by atoms with E-state index in [0.717, 1.165) is 0 Å². The number of rotatable bonds is 4. The van der Waals surface area contributed by atoms with Gasteiger partial charge in [-0.3, -0.25) is 9.59 Å². The number of likely N-dealkylation sites (tertiary alicyclic amines) is 1. The first-order valence-electron chi connectivity index (χ1n) is 6.88. The van der Waals surface area contributed by atoms with Gasteiger partial charge < -0.3 is 10.6 Å². The average molecular weight is 278 g/mol. The first-order valence-corrected chi connectivity index (χ1v) is 6.88. The van der Waals surface area contributed by atoms with Gasteiger partial charge in [0.2, 0.25) is 11.8 Å². The van der Waals surface area contributed by atoms with Crippen LogP contribution in [0.3, 0.4) is 0 Å². The summed E-state index contributed by atoms with van der Waals surface area (Å²) in [5, 5.41) is 0. The van der Waals surface area contributed by atoms with Crippen LogP contribution >= 0.6 is 0 Å². The lowest BCUT2D eigenvalue weighted by Gasteiger charge is -2.30. The summed E-state index contributed by atoms with van der Waals surface area (Å²) >= 11 is 0. The van der Waals surface area contributed by atoms with Crippen LogP contribution in [0.2, 0.25) is 0 Å². The monoisotopic (exact) mass is 278 g/mol. The van der Waals surface area contributed by atoms with Gasteiger partial charge in [-0.05, 0) is 30.9 Å². The van der Waals surface area contributed by atoms with Gasteiger partial charge in [0.05, 0.1) is 0 Å². The number of carbonyl (C=O) groups excluding carboxylic acids is 2. The molecule has 1 saturated heterocycles. The molecule has 1 fully saturated rings. The molecular weight excluding hydrogens is 259 g/mol. The molecule has 20 heavy (non-hydrogen) atoms. The normalized spacial score (nSPS) is 16.1. The Morgan fingerprint density at radius 3 is 2.50 bits per heavy atom. The summed E-state index contributed by atoms with van der Waals surface area (Å²) in [5.41, 5.74) is 5.82. The van der Waals surface area contributed by atoms with E-state index in [2.05, 4.69) is 0 Å². The van der Waals surface area contributed by atoms with Crippen molar-refractivity contribution in [1.29, 1.82) is 0 Å². The third-order valence-electron chi connectivity index (χ3n) is 3.82. The molecule has 0 aliphatic carbocycles. The van der Waals surface area contributed by atoms with Crippen LogP contribution in [0.4, 0.5) is 4.39 Å². The van der Waals surface area contributed by atoms with Crippen molar-refractivity contribution in [3.63, 3.8) is 0 Å². The summed E-state index contributed by atoms with van der Waals surface area (Å²) in [6.07, 6.45) is 1.95. The lowest BCUT2D eigenvalue weighted by atomic mass is 9.96. The standard InChI is InChI=1S/C15H19FN2O2/c16-13-4-2-1-3-11(13)5-6-14(19)18-9-7-12(8-10-18)15(17)20/h1-4,12H,5-10H2,(H2,17,20). The highest BCUT2D eigenvalue weighted by Crippen LogP contribution is 2.18. The van der Waals surface area contributed by atoms with Crippen LogP contribution in [0.15, 0.2) is 24.3 Å². The molecule has 2 rings (SSSR count). The number of nitrogens with two attached hydrogens (primary N) is 1. The first-order chi connectivity index (χ1) is 9.58. The fraction of sp³-hybridized carbons (Fsp3) is 0.467. The number of benzene rings is 1. The van der Waals surface area contributed by atoms with Crippen molar-refractivity contribution in [3.8, 4) is 0 Å². The Balaban J connectivity index is 1.82. The van der Waals surface area contributed by atoms with Crippen LogP contribution in [0.25, 0.3) is 0 Å². The predicted octanol–water partition coefficient (Wildman–Crippen LogP) is 1.48. The maximum Gasteiger partial charge on any atom is 0.222 e. The van der Waals surface area contributed by atoms with Gasteiger partial charge in [-0.15, -0.1) is 0 Å². The summed E-state index contributed by atoms with van der Waals surface area (Å²) in [6.45, 7) is 1.12. The summed E-state index contributed by atoms with van der Waals surface area (Å²) in [4.78, 5) is 24.8. The third-order valence-corrected chi connectivity index (χ3v) is 3.82. The second kappa shape index (κ2) is 6.50. The first kappa shape index (κ1) is 14.5. The largest absolute Gasteiger partial charge is 0.369 e. The van der Waals surface area contributed by atoms with Crippen LogP contribution in [-0.4, -0.2) is 29.8 Å². The highest BCUT2D eigenvalue weighted by molar-refractivity contribution is 5.79. The number of primary amides is 1. The Morgan fingerprint density at radius 2 is 1.90 bits per heavy atom. The predicted molar refractivity (Wildman–Crippen MR) is 73.2 cm³/mol. The van der Waals surface area contributed by atoms with Crippen LogP contribution in [-0.2, 0) is 16.0 Å². The molecule has 0 spiro atoms. The van der Waals surface area contributed by atoms with Crippen molar-refractivity contribution < 1.29 is 14.0 Å². The van der Waals surface area contributed by atoms with Gasteiger partial charge in [0, 0.05) is 25.4 Å². The van der Waals surface area contributed by atoms with E-state index in [4.69, 9.17) is 5.73 Å². The van der Waals surface area contributed by atoms with E-state index in [0.29, 0.717) is 44.3 Å². The summed E-state index contributed by atoms with van der Waals surface area (Å²) in [7, 11) is 0. The second-order valence-electron chi connectivity index (χ2n) is 5.15. The molecule has 1 aliphatic rings. The van der Waals surface area contributed by atoms with Crippen molar-refractivity contribution >= 4 is 11.8 Å². The zero-order valence-corrected chi connectivity index (χ0v) is 11.3. The molecule has 1 aromatic carbocycles. The minimum atomic E-state index is -0.288. The Bertz CT molecular complexity index is 496. The molecule has 0 aromatic heterocycles. The minimum absolute atomic E-state index is 0.0103. The molecule has 4 nitrogen and oxygen atoms in total. The van der Waals surface area contributed by atoms with Gasteiger partial charge >= 0.3 is 0 Å². The van der Waals surface area contributed by atoms with Crippen molar-refractivity contribution in [1.82, 2.24) is 4.90 Å². The smallest absolute Gasteiger partial charge is 0.222 e. The van der Waals surface area contributed by atoms with Crippen LogP contribution < -0.4 is 5.73 Å². The highest BCUT2D eigenvalue weighted by atomic mass is 19.1. The molecule has 0 radical (unpaired) electrons.